The van der Waals surface area contributed by atoms with Gasteiger partial charge in [0.2, 0.25) is 17.6 Å². The lowest BCUT2D eigenvalue weighted by molar-refractivity contribution is -0.117. The standard InChI is InChI=1S/C20H17BrFN3O3/c1-2-27-15-6-4-14(5-7-15)25-11-13(10-18(25)26)20-23-19(24-28-20)12-3-8-17(22)16(21)9-12/h3-9,13H,2,10-11H2,1H3. The molecule has 4 rings (SSSR count). The number of carbonyl (C=O) groups excluding carboxylic acids is 1. The summed E-state index contributed by atoms with van der Waals surface area (Å²) in [6.45, 7) is 2.97. The van der Waals surface area contributed by atoms with E-state index in [4.69, 9.17) is 9.26 Å². The molecule has 0 spiro atoms. The summed E-state index contributed by atoms with van der Waals surface area (Å²) in [5.74, 6) is 0.976. The molecule has 3 aromatic rings. The fourth-order valence-electron chi connectivity index (χ4n) is 3.17. The number of hydrogen-bond acceptors (Lipinski definition) is 5. The minimum atomic E-state index is -0.361. The number of ether oxygens (including phenoxy) is 1. The third-order valence-electron chi connectivity index (χ3n) is 4.55. The molecule has 8 heteroatoms. The summed E-state index contributed by atoms with van der Waals surface area (Å²) >= 11 is 3.15. The molecule has 28 heavy (non-hydrogen) atoms. The summed E-state index contributed by atoms with van der Waals surface area (Å²) in [4.78, 5) is 18.6. The number of halogens is 2. The summed E-state index contributed by atoms with van der Waals surface area (Å²) < 4.78 is 24.6. The number of aromatic nitrogens is 2. The Balaban J connectivity index is 1.51. The Morgan fingerprint density at radius 3 is 2.79 bits per heavy atom. The maximum Gasteiger partial charge on any atom is 0.232 e. The van der Waals surface area contributed by atoms with Crippen LogP contribution in [0, 0.1) is 5.82 Å². The van der Waals surface area contributed by atoms with E-state index in [1.807, 2.05) is 31.2 Å². The highest BCUT2D eigenvalue weighted by molar-refractivity contribution is 9.10. The summed E-state index contributed by atoms with van der Waals surface area (Å²) in [6, 6.07) is 11.9. The maximum absolute atomic E-state index is 13.4. The number of anilines is 1. The van der Waals surface area contributed by atoms with E-state index in [9.17, 15) is 9.18 Å². The van der Waals surface area contributed by atoms with E-state index in [-0.39, 0.29) is 17.6 Å². The molecule has 0 bridgehead atoms. The maximum atomic E-state index is 13.4. The molecule has 1 amide bonds. The normalized spacial score (nSPS) is 16.6. The van der Waals surface area contributed by atoms with Gasteiger partial charge in [0.15, 0.2) is 0 Å². The summed E-state index contributed by atoms with van der Waals surface area (Å²) in [5.41, 5.74) is 1.44. The van der Waals surface area contributed by atoms with Crippen molar-refractivity contribution in [2.24, 2.45) is 0 Å². The average Bonchev–Trinajstić information content (AvgIpc) is 3.32. The average molecular weight is 446 g/mol. The first kappa shape index (κ1) is 18.6. The van der Waals surface area contributed by atoms with Crippen LogP contribution in [-0.4, -0.2) is 29.2 Å². The fourth-order valence-corrected chi connectivity index (χ4v) is 3.54. The van der Waals surface area contributed by atoms with Crippen LogP contribution in [0.5, 0.6) is 5.75 Å². The molecule has 1 aliphatic heterocycles. The lowest BCUT2D eigenvalue weighted by Gasteiger charge is -2.16. The topological polar surface area (TPSA) is 68.5 Å². The van der Waals surface area contributed by atoms with Crippen molar-refractivity contribution >= 4 is 27.5 Å². The van der Waals surface area contributed by atoms with Crippen molar-refractivity contribution in [2.75, 3.05) is 18.1 Å². The van der Waals surface area contributed by atoms with Gasteiger partial charge in [-0.3, -0.25) is 4.79 Å². The summed E-state index contributed by atoms with van der Waals surface area (Å²) in [7, 11) is 0. The van der Waals surface area contributed by atoms with E-state index in [1.54, 1.807) is 17.0 Å². The fraction of sp³-hybridized carbons (Fsp3) is 0.250. The van der Waals surface area contributed by atoms with E-state index >= 15 is 0 Å². The van der Waals surface area contributed by atoms with Gasteiger partial charge in [-0.1, -0.05) is 5.16 Å². The Morgan fingerprint density at radius 2 is 2.07 bits per heavy atom. The van der Waals surface area contributed by atoms with Crippen molar-refractivity contribution in [2.45, 2.75) is 19.3 Å². The third-order valence-corrected chi connectivity index (χ3v) is 5.16. The number of hydrogen-bond donors (Lipinski definition) is 0. The largest absolute Gasteiger partial charge is 0.494 e. The van der Waals surface area contributed by atoms with E-state index < -0.39 is 0 Å². The molecular formula is C20H17BrFN3O3. The molecule has 1 unspecified atom stereocenters. The van der Waals surface area contributed by atoms with Crippen LogP contribution < -0.4 is 9.64 Å². The Morgan fingerprint density at radius 1 is 1.29 bits per heavy atom. The zero-order chi connectivity index (χ0) is 19.7. The van der Waals surface area contributed by atoms with Gasteiger partial charge in [0.05, 0.1) is 17.0 Å². The van der Waals surface area contributed by atoms with Crippen molar-refractivity contribution in [3.8, 4) is 17.1 Å². The van der Waals surface area contributed by atoms with Crippen LogP contribution in [0.2, 0.25) is 0 Å². The van der Waals surface area contributed by atoms with Gasteiger partial charge < -0.3 is 14.2 Å². The van der Waals surface area contributed by atoms with E-state index in [0.717, 1.165) is 11.4 Å². The van der Waals surface area contributed by atoms with Crippen LogP contribution in [0.25, 0.3) is 11.4 Å². The first-order chi connectivity index (χ1) is 13.5. The van der Waals surface area contributed by atoms with Gasteiger partial charge in [-0.2, -0.15) is 4.98 Å². The van der Waals surface area contributed by atoms with Crippen molar-refractivity contribution in [3.05, 3.63) is 58.6 Å². The highest BCUT2D eigenvalue weighted by Gasteiger charge is 2.35. The number of rotatable bonds is 5. The van der Waals surface area contributed by atoms with Crippen LogP contribution in [0.1, 0.15) is 25.2 Å². The molecular weight excluding hydrogens is 429 g/mol. The number of amides is 1. The quantitative estimate of drug-likeness (QED) is 0.575. The van der Waals surface area contributed by atoms with Crippen LogP contribution in [-0.2, 0) is 4.79 Å². The zero-order valence-corrected chi connectivity index (χ0v) is 16.6. The Bertz CT molecular complexity index is 1010. The van der Waals surface area contributed by atoms with Gasteiger partial charge in [0.25, 0.3) is 0 Å². The lowest BCUT2D eigenvalue weighted by Crippen LogP contribution is -2.24. The molecule has 0 N–H and O–H groups in total. The number of nitrogens with zero attached hydrogens (tertiary/aromatic N) is 3. The molecule has 1 saturated heterocycles. The highest BCUT2D eigenvalue weighted by atomic mass is 79.9. The summed E-state index contributed by atoms with van der Waals surface area (Å²) in [6.07, 6.45) is 0.294. The van der Waals surface area contributed by atoms with Crippen LogP contribution >= 0.6 is 15.9 Å². The van der Waals surface area contributed by atoms with Crippen molar-refractivity contribution in [1.29, 1.82) is 0 Å². The van der Waals surface area contributed by atoms with Gasteiger partial charge in [0.1, 0.15) is 11.6 Å². The Hall–Kier alpha value is -2.74. The SMILES string of the molecule is CCOc1ccc(N2CC(c3nc(-c4ccc(F)c(Br)c4)no3)CC2=O)cc1. The molecule has 1 aromatic heterocycles. The second-order valence-corrected chi connectivity index (χ2v) is 7.27. The van der Waals surface area contributed by atoms with Crippen LogP contribution in [0.4, 0.5) is 10.1 Å². The van der Waals surface area contributed by atoms with E-state index in [0.29, 0.717) is 41.3 Å². The molecule has 6 nitrogen and oxygen atoms in total. The first-order valence-electron chi connectivity index (χ1n) is 8.87. The molecule has 1 aliphatic rings. The Labute approximate surface area is 169 Å². The minimum absolute atomic E-state index is 0.00145. The van der Waals surface area contributed by atoms with Gasteiger partial charge in [-0.05, 0) is 65.3 Å². The molecule has 2 heterocycles. The molecule has 0 aliphatic carbocycles. The minimum Gasteiger partial charge on any atom is -0.494 e. The van der Waals surface area contributed by atoms with Gasteiger partial charge in [0, 0.05) is 24.2 Å². The molecule has 0 radical (unpaired) electrons. The van der Waals surface area contributed by atoms with Crippen molar-refractivity contribution < 1.29 is 18.4 Å². The lowest BCUT2D eigenvalue weighted by atomic mass is 10.1. The highest BCUT2D eigenvalue weighted by Crippen LogP contribution is 2.33. The molecule has 1 fully saturated rings. The zero-order valence-electron chi connectivity index (χ0n) is 15.1. The molecule has 144 valence electrons. The van der Waals surface area contributed by atoms with Gasteiger partial charge in [-0.25, -0.2) is 4.39 Å². The van der Waals surface area contributed by atoms with Gasteiger partial charge in [-0.15, -0.1) is 0 Å². The van der Waals surface area contributed by atoms with Crippen LogP contribution in [0.15, 0.2) is 51.5 Å². The smallest absolute Gasteiger partial charge is 0.232 e. The second kappa shape index (κ2) is 7.71. The number of benzene rings is 2. The first-order valence-corrected chi connectivity index (χ1v) is 9.66. The molecule has 0 saturated carbocycles. The molecule has 2 aromatic carbocycles. The predicted octanol–water partition coefficient (Wildman–Crippen LogP) is 4.56. The monoisotopic (exact) mass is 445 g/mol. The van der Waals surface area contributed by atoms with Crippen LogP contribution in [0.3, 0.4) is 0 Å². The summed E-state index contributed by atoms with van der Waals surface area (Å²) in [5, 5.41) is 3.98. The number of carbonyl (C=O) groups is 1. The third kappa shape index (κ3) is 3.64. The van der Waals surface area contributed by atoms with Gasteiger partial charge >= 0.3 is 0 Å². The van der Waals surface area contributed by atoms with E-state index in [1.165, 1.54) is 6.07 Å². The van der Waals surface area contributed by atoms with Crippen molar-refractivity contribution in [3.63, 3.8) is 0 Å². The molecule has 1 atom stereocenters. The predicted molar refractivity (Wildman–Crippen MR) is 105 cm³/mol. The van der Waals surface area contributed by atoms with E-state index in [2.05, 4.69) is 26.1 Å². The van der Waals surface area contributed by atoms with Crippen molar-refractivity contribution in [1.82, 2.24) is 10.1 Å². The second-order valence-electron chi connectivity index (χ2n) is 6.42. The Kier molecular flexibility index (Phi) is 5.13.